The van der Waals surface area contributed by atoms with Gasteiger partial charge < -0.3 is 24.4 Å². The summed E-state index contributed by atoms with van der Waals surface area (Å²) in [6.45, 7) is 4.54. The molecule has 2 bridgehead atoms. The zero-order valence-corrected chi connectivity index (χ0v) is 20.2. The summed E-state index contributed by atoms with van der Waals surface area (Å²) in [6, 6.07) is 8.34. The Morgan fingerprint density at radius 1 is 1.26 bits per heavy atom. The third kappa shape index (κ3) is 4.36. The fourth-order valence-corrected chi connectivity index (χ4v) is 4.91. The van der Waals surface area contributed by atoms with Gasteiger partial charge in [0, 0.05) is 24.6 Å². The van der Waals surface area contributed by atoms with E-state index in [1.165, 1.54) is 19.2 Å². The summed E-state index contributed by atoms with van der Waals surface area (Å²) >= 11 is 0. The summed E-state index contributed by atoms with van der Waals surface area (Å²) in [5.74, 6) is -2.01. The Morgan fingerprint density at radius 2 is 2.09 bits per heavy atom. The van der Waals surface area contributed by atoms with E-state index in [2.05, 4.69) is 20.4 Å². The van der Waals surface area contributed by atoms with Crippen molar-refractivity contribution in [2.24, 2.45) is 0 Å². The summed E-state index contributed by atoms with van der Waals surface area (Å²) in [6.07, 6.45) is 1.21. The molecule has 0 amide bonds. The van der Waals surface area contributed by atoms with Gasteiger partial charge in [0.05, 0.1) is 37.6 Å². The number of anilines is 2. The van der Waals surface area contributed by atoms with Crippen molar-refractivity contribution in [3.63, 3.8) is 0 Å². The van der Waals surface area contributed by atoms with Gasteiger partial charge in [0.15, 0.2) is 5.82 Å². The molecule has 2 unspecified atom stereocenters. The van der Waals surface area contributed by atoms with Gasteiger partial charge in [0.2, 0.25) is 5.88 Å². The predicted octanol–water partition coefficient (Wildman–Crippen LogP) is 4.23. The van der Waals surface area contributed by atoms with Crippen molar-refractivity contribution in [3.8, 4) is 5.88 Å². The smallest absolute Gasteiger partial charge is 0.296 e. The quantitative estimate of drug-likeness (QED) is 0.508. The molecule has 0 radical (unpaired) electrons. The van der Waals surface area contributed by atoms with E-state index in [1.54, 1.807) is 13.2 Å². The first-order valence-corrected chi connectivity index (χ1v) is 11.6. The number of rotatable bonds is 8. The maximum Gasteiger partial charge on any atom is 0.296 e. The second kappa shape index (κ2) is 9.16. The maximum absolute atomic E-state index is 14.4. The van der Waals surface area contributed by atoms with Crippen LogP contribution in [-0.2, 0) is 15.4 Å². The van der Waals surface area contributed by atoms with Crippen LogP contribution in [0.15, 0.2) is 30.3 Å². The number of benzene rings is 1. The van der Waals surface area contributed by atoms with Gasteiger partial charge in [-0.3, -0.25) is 0 Å². The Bertz CT molecular complexity index is 1240. The van der Waals surface area contributed by atoms with Crippen molar-refractivity contribution < 1.29 is 23.0 Å². The number of fused-ring (bicyclic) bond motifs is 3. The van der Waals surface area contributed by atoms with Crippen LogP contribution in [0.4, 0.5) is 20.3 Å². The summed E-state index contributed by atoms with van der Waals surface area (Å²) in [4.78, 5) is 7.05. The van der Waals surface area contributed by atoms with Crippen molar-refractivity contribution in [2.45, 2.75) is 44.4 Å². The second-order valence-corrected chi connectivity index (χ2v) is 9.17. The summed E-state index contributed by atoms with van der Waals surface area (Å²) in [5.41, 5.74) is 2.85. The molecular formula is C25H29F2N5O3. The van der Waals surface area contributed by atoms with Crippen LogP contribution in [-0.4, -0.2) is 61.3 Å². The van der Waals surface area contributed by atoms with Crippen molar-refractivity contribution in [3.05, 3.63) is 47.2 Å². The van der Waals surface area contributed by atoms with Gasteiger partial charge in [-0.1, -0.05) is 18.2 Å². The first-order chi connectivity index (χ1) is 16.8. The number of pyridine rings is 1. The highest BCUT2D eigenvalue weighted by Gasteiger charge is 2.40. The van der Waals surface area contributed by atoms with Crippen molar-refractivity contribution in [1.29, 1.82) is 0 Å². The van der Waals surface area contributed by atoms with Gasteiger partial charge in [-0.2, -0.15) is 13.9 Å². The lowest BCUT2D eigenvalue weighted by Crippen LogP contribution is -2.37. The normalized spacial score (nSPS) is 20.5. The molecule has 2 saturated heterocycles. The third-order valence-corrected chi connectivity index (χ3v) is 6.76. The molecule has 35 heavy (non-hydrogen) atoms. The molecule has 3 atom stereocenters. The standard InChI is InChI=1S/C25H29F2N5O3/c1-14(16-6-5-7-17(8-16)25(26,27)13-33-3)28-23-20-10-21(32-11-19-9-18(32)12-35-19)24(34-4)29-22(20)15(2)30-31-23/h5-8,10,14,18-19H,9,11-13H2,1-4H3,(H,28,31)/t14-,18?,19?/m1/s1. The molecule has 2 aromatic heterocycles. The zero-order chi connectivity index (χ0) is 24.7. The summed E-state index contributed by atoms with van der Waals surface area (Å²) in [7, 11) is 2.88. The molecule has 2 aliphatic heterocycles. The molecule has 8 nitrogen and oxygen atoms in total. The van der Waals surface area contributed by atoms with Gasteiger partial charge in [-0.15, -0.1) is 5.10 Å². The second-order valence-electron chi connectivity index (χ2n) is 9.17. The van der Waals surface area contributed by atoms with Crippen molar-refractivity contribution in [2.75, 3.05) is 44.2 Å². The van der Waals surface area contributed by atoms with Crippen LogP contribution in [0.25, 0.3) is 10.9 Å². The van der Waals surface area contributed by atoms with Crippen LogP contribution in [0.1, 0.15) is 36.2 Å². The number of hydrogen-bond donors (Lipinski definition) is 1. The SMILES string of the molecule is COCC(F)(F)c1cccc([C@@H](C)Nc2nnc(C)c3nc(OC)c(N4CC5CC4CO5)cc23)c1. The Labute approximate surface area is 202 Å². The van der Waals surface area contributed by atoms with Crippen molar-refractivity contribution >= 4 is 22.4 Å². The van der Waals surface area contributed by atoms with E-state index in [0.717, 1.165) is 24.0 Å². The number of ether oxygens (including phenoxy) is 3. The predicted molar refractivity (Wildman–Crippen MR) is 128 cm³/mol. The van der Waals surface area contributed by atoms with E-state index in [1.807, 2.05) is 26.0 Å². The third-order valence-electron chi connectivity index (χ3n) is 6.76. The van der Waals surface area contributed by atoms with E-state index in [4.69, 9.17) is 19.2 Å². The Hall–Kier alpha value is -3.11. The van der Waals surface area contributed by atoms with Gasteiger partial charge in [-0.05, 0) is 38.0 Å². The number of hydrogen-bond acceptors (Lipinski definition) is 8. The number of nitrogens with zero attached hydrogens (tertiary/aromatic N) is 4. The number of aromatic nitrogens is 3. The highest BCUT2D eigenvalue weighted by Crippen LogP contribution is 2.40. The first-order valence-electron chi connectivity index (χ1n) is 11.6. The maximum atomic E-state index is 14.4. The van der Waals surface area contributed by atoms with Crippen LogP contribution >= 0.6 is 0 Å². The number of halogens is 2. The lowest BCUT2D eigenvalue weighted by molar-refractivity contribution is -0.0698. The molecule has 1 N–H and O–H groups in total. The zero-order valence-electron chi connectivity index (χ0n) is 20.2. The summed E-state index contributed by atoms with van der Waals surface area (Å²) in [5, 5.41) is 12.8. The monoisotopic (exact) mass is 485 g/mol. The number of nitrogens with one attached hydrogen (secondary N) is 1. The van der Waals surface area contributed by atoms with Gasteiger partial charge in [-0.25, -0.2) is 4.98 Å². The number of morpholine rings is 1. The van der Waals surface area contributed by atoms with Crippen LogP contribution < -0.4 is 15.0 Å². The fraction of sp³-hybridized carbons (Fsp3) is 0.480. The van der Waals surface area contributed by atoms with E-state index in [-0.39, 0.29) is 23.8 Å². The average Bonchev–Trinajstić information content (AvgIpc) is 3.49. The number of aryl methyl sites for hydroxylation is 1. The lowest BCUT2D eigenvalue weighted by atomic mass is 10.0. The molecule has 2 aliphatic rings. The topological polar surface area (TPSA) is 81.6 Å². The minimum atomic E-state index is -3.07. The molecule has 1 aromatic carbocycles. The molecule has 10 heteroatoms. The molecule has 0 aliphatic carbocycles. The first kappa shape index (κ1) is 23.6. The van der Waals surface area contributed by atoms with E-state index in [9.17, 15) is 8.78 Å². The number of alkyl halides is 2. The summed E-state index contributed by atoms with van der Waals surface area (Å²) < 4.78 is 44.9. The largest absolute Gasteiger partial charge is 0.480 e. The fourth-order valence-electron chi connectivity index (χ4n) is 4.91. The lowest BCUT2D eigenvalue weighted by Gasteiger charge is -2.30. The Balaban J connectivity index is 1.50. The molecule has 0 saturated carbocycles. The van der Waals surface area contributed by atoms with Crippen LogP contribution in [0.2, 0.25) is 0 Å². The molecule has 3 aromatic rings. The minimum absolute atomic E-state index is 0.0923. The highest BCUT2D eigenvalue weighted by atomic mass is 19.3. The Kier molecular flexibility index (Phi) is 6.18. The Morgan fingerprint density at radius 3 is 2.77 bits per heavy atom. The average molecular weight is 486 g/mol. The molecule has 186 valence electrons. The van der Waals surface area contributed by atoms with Crippen LogP contribution in [0.5, 0.6) is 5.88 Å². The molecule has 2 fully saturated rings. The van der Waals surface area contributed by atoms with E-state index in [0.29, 0.717) is 35.1 Å². The van der Waals surface area contributed by atoms with Gasteiger partial charge in [0.25, 0.3) is 5.92 Å². The van der Waals surface area contributed by atoms with Crippen molar-refractivity contribution in [1.82, 2.24) is 15.2 Å². The minimum Gasteiger partial charge on any atom is -0.480 e. The van der Waals surface area contributed by atoms with E-state index < -0.39 is 12.5 Å². The highest BCUT2D eigenvalue weighted by molar-refractivity contribution is 5.94. The van der Waals surface area contributed by atoms with E-state index >= 15 is 0 Å². The molecule has 5 rings (SSSR count). The van der Waals surface area contributed by atoms with Gasteiger partial charge in [0.1, 0.15) is 17.8 Å². The van der Waals surface area contributed by atoms with Crippen LogP contribution in [0, 0.1) is 6.92 Å². The molecular weight excluding hydrogens is 456 g/mol. The van der Waals surface area contributed by atoms with Gasteiger partial charge >= 0.3 is 0 Å². The molecule has 4 heterocycles. The molecule has 0 spiro atoms. The number of methoxy groups -OCH3 is 2. The van der Waals surface area contributed by atoms with Crippen LogP contribution in [0.3, 0.4) is 0 Å².